The lowest BCUT2D eigenvalue weighted by atomic mass is 10.0. The molecule has 1 N–H and O–H groups in total. The van der Waals surface area contributed by atoms with E-state index in [0.717, 1.165) is 0 Å². The molecule has 0 aliphatic rings. The molecule has 6 unspecified atom stereocenters. The number of alkyl halides is 10. The Labute approximate surface area is 99.7 Å². The van der Waals surface area contributed by atoms with Gasteiger partial charge in [-0.15, -0.1) is 0 Å². The molecule has 6 atom stereocenters. The molecule has 19 heavy (non-hydrogen) atoms. The van der Waals surface area contributed by atoms with Crippen LogP contribution in [0.3, 0.4) is 0 Å². The van der Waals surface area contributed by atoms with Gasteiger partial charge in [-0.1, -0.05) is 0 Å². The van der Waals surface area contributed by atoms with E-state index in [1.807, 2.05) is 0 Å². The summed E-state index contributed by atoms with van der Waals surface area (Å²) in [4.78, 5) is 0. The normalized spacial score (nSPS) is 22.7. The van der Waals surface area contributed by atoms with Crippen LogP contribution < -0.4 is 0 Å². The van der Waals surface area contributed by atoms with Gasteiger partial charge in [0.05, 0.1) is 0 Å². The Morgan fingerprint density at radius 1 is 0.579 bits per heavy atom. The van der Waals surface area contributed by atoms with Gasteiger partial charge in [0.2, 0.25) is 6.17 Å². The van der Waals surface area contributed by atoms with Crippen molar-refractivity contribution in [2.75, 3.05) is 0 Å². The van der Waals surface area contributed by atoms with Gasteiger partial charge >= 0.3 is 6.11 Å². The lowest BCUT2D eigenvalue weighted by Crippen LogP contribution is -2.48. The maximum Gasteiger partial charge on any atom is 0.387 e. The molecule has 0 heterocycles. The van der Waals surface area contributed by atoms with E-state index in [0.29, 0.717) is 0 Å². The van der Waals surface area contributed by atoms with E-state index in [1.165, 1.54) is 0 Å². The molecule has 0 amide bonds. The average molecular weight is 310 g/mol. The van der Waals surface area contributed by atoms with Crippen LogP contribution in [-0.2, 0) is 0 Å². The molecule has 0 spiro atoms. The number of halogens is 10. The lowest BCUT2D eigenvalue weighted by Gasteiger charge is -2.25. The highest BCUT2D eigenvalue weighted by Crippen LogP contribution is 2.30. The Kier molecular flexibility index (Phi) is 6.36. The van der Waals surface area contributed by atoms with E-state index >= 15 is 0 Å². The van der Waals surface area contributed by atoms with Crippen LogP contribution >= 0.6 is 0 Å². The van der Waals surface area contributed by atoms with Gasteiger partial charge in [0.1, 0.15) is 0 Å². The summed E-state index contributed by atoms with van der Waals surface area (Å²) in [5, 5.41) is 7.70. The second kappa shape index (κ2) is 6.62. The van der Waals surface area contributed by atoms with Crippen LogP contribution in [0.5, 0.6) is 0 Å². The highest BCUT2D eigenvalue weighted by Gasteiger charge is 2.52. The molecule has 0 aromatic carbocycles. The van der Waals surface area contributed by atoms with Gasteiger partial charge in [0.15, 0.2) is 30.9 Å². The molecule has 0 rings (SSSR count). The molecule has 0 aromatic rings. The highest BCUT2D eigenvalue weighted by atomic mass is 19.3. The molecule has 0 aliphatic carbocycles. The van der Waals surface area contributed by atoms with Crippen molar-refractivity contribution in [2.45, 2.75) is 49.6 Å². The largest absolute Gasteiger partial charge is 0.387 e. The van der Waals surface area contributed by atoms with E-state index in [2.05, 4.69) is 0 Å². The molecule has 1 nitrogen and oxygen atoms in total. The number of hydrogen-bond donors (Lipinski definition) is 1. The zero-order valence-electron chi connectivity index (χ0n) is 8.77. The first-order valence-corrected chi connectivity index (χ1v) is 4.64. The minimum absolute atomic E-state index is 3.84. The van der Waals surface area contributed by atoms with Gasteiger partial charge in [0, 0.05) is 0 Å². The van der Waals surface area contributed by atoms with Crippen LogP contribution in [0.15, 0.2) is 0 Å². The Balaban J connectivity index is 4.77. The Hall–Kier alpha value is -0.740. The van der Waals surface area contributed by atoms with E-state index in [9.17, 15) is 43.9 Å². The predicted molar refractivity (Wildman–Crippen MR) is 42.5 cm³/mol. The van der Waals surface area contributed by atoms with Crippen molar-refractivity contribution >= 4 is 0 Å². The second-order valence-corrected chi connectivity index (χ2v) is 3.55. The summed E-state index contributed by atoms with van der Waals surface area (Å²) in [5.74, 6) is 0. The van der Waals surface area contributed by atoms with Crippen molar-refractivity contribution < 1.29 is 49.0 Å². The molecule has 0 radical (unpaired) electrons. The molecular formula is C8H8F10O. The fraction of sp³-hybridized carbons (Fsp3) is 1.00. The summed E-state index contributed by atoms with van der Waals surface area (Å²) in [6.45, 7) is 0. The lowest BCUT2D eigenvalue weighted by molar-refractivity contribution is -0.258. The second-order valence-electron chi connectivity index (χ2n) is 3.55. The van der Waals surface area contributed by atoms with E-state index in [1.54, 1.807) is 0 Å². The van der Waals surface area contributed by atoms with Crippen molar-refractivity contribution in [1.29, 1.82) is 0 Å². The predicted octanol–water partition coefficient (Wildman–Crippen LogP) is 2.87. The number of aliphatic hydroxyl groups is 1. The molecule has 0 saturated carbocycles. The minimum atomic E-state index is -5.40. The monoisotopic (exact) mass is 310 g/mol. The Morgan fingerprint density at radius 2 is 0.895 bits per heavy atom. The van der Waals surface area contributed by atoms with E-state index < -0.39 is 49.6 Å². The summed E-state index contributed by atoms with van der Waals surface area (Å²) in [6, 6.07) is 0. The van der Waals surface area contributed by atoms with E-state index in [-0.39, 0.29) is 0 Å². The minimum Gasteiger partial charge on any atom is -0.334 e. The fourth-order valence-electron chi connectivity index (χ4n) is 1.02. The topological polar surface area (TPSA) is 20.2 Å². The van der Waals surface area contributed by atoms with Crippen molar-refractivity contribution in [3.05, 3.63) is 0 Å². The third-order valence-corrected chi connectivity index (χ3v) is 2.07. The van der Waals surface area contributed by atoms with E-state index in [4.69, 9.17) is 5.11 Å². The summed E-state index contributed by atoms with van der Waals surface area (Å²) in [7, 11) is 0. The van der Waals surface area contributed by atoms with Crippen LogP contribution in [0.4, 0.5) is 43.9 Å². The summed E-state index contributed by atoms with van der Waals surface area (Å²) < 4.78 is 122. The molecule has 116 valence electrons. The summed E-state index contributed by atoms with van der Waals surface area (Å²) >= 11 is 0. The van der Waals surface area contributed by atoms with Crippen molar-refractivity contribution in [1.82, 2.24) is 0 Å². The van der Waals surface area contributed by atoms with Crippen LogP contribution in [-0.4, -0.2) is 54.7 Å². The van der Waals surface area contributed by atoms with Gasteiger partial charge in [0.25, 0.3) is 6.43 Å². The number of rotatable bonds is 7. The first-order chi connectivity index (χ1) is 8.41. The van der Waals surface area contributed by atoms with Crippen molar-refractivity contribution in [3.8, 4) is 0 Å². The van der Waals surface area contributed by atoms with Crippen molar-refractivity contribution in [3.63, 3.8) is 0 Å². The first-order valence-electron chi connectivity index (χ1n) is 4.64. The van der Waals surface area contributed by atoms with Crippen molar-refractivity contribution in [2.24, 2.45) is 0 Å². The van der Waals surface area contributed by atoms with Crippen LogP contribution in [0, 0.1) is 0 Å². The average Bonchev–Trinajstić information content (AvgIpc) is 2.31. The van der Waals surface area contributed by atoms with Crippen LogP contribution in [0.1, 0.15) is 0 Å². The van der Waals surface area contributed by atoms with Gasteiger partial charge in [-0.05, 0) is 0 Å². The third kappa shape index (κ3) is 4.69. The third-order valence-electron chi connectivity index (χ3n) is 2.07. The maximum atomic E-state index is 12.8. The molecule has 0 aromatic heterocycles. The van der Waals surface area contributed by atoms with Gasteiger partial charge in [-0.25, -0.2) is 35.1 Å². The number of hydrogen-bond acceptors (Lipinski definition) is 1. The van der Waals surface area contributed by atoms with Gasteiger partial charge < -0.3 is 5.11 Å². The van der Waals surface area contributed by atoms with Gasteiger partial charge in [-0.2, -0.15) is 8.78 Å². The quantitative estimate of drug-likeness (QED) is 0.717. The molecule has 0 aliphatic heterocycles. The molecule has 11 heteroatoms. The molecule has 0 saturated heterocycles. The Bertz CT molecular complexity index is 269. The SMILES string of the molecule is OC(F)(F)C(F)C(F)C(F)C(F)C(F)C(F)C(F)F. The zero-order valence-corrected chi connectivity index (χ0v) is 8.77. The molecule has 0 fully saturated rings. The molecule has 0 bridgehead atoms. The van der Waals surface area contributed by atoms with Crippen LogP contribution in [0.25, 0.3) is 0 Å². The maximum absolute atomic E-state index is 12.8. The van der Waals surface area contributed by atoms with Crippen LogP contribution in [0.2, 0.25) is 0 Å². The molecular weight excluding hydrogens is 302 g/mol. The smallest absolute Gasteiger partial charge is 0.334 e. The zero-order chi connectivity index (χ0) is 15.5. The highest BCUT2D eigenvalue weighted by molar-refractivity contribution is 4.91. The first kappa shape index (κ1) is 18.3. The summed E-state index contributed by atoms with van der Waals surface area (Å²) in [6.07, 6.45) is -33.5. The van der Waals surface area contributed by atoms with Gasteiger partial charge in [-0.3, -0.25) is 0 Å². The summed E-state index contributed by atoms with van der Waals surface area (Å²) in [5.41, 5.74) is 0. The Morgan fingerprint density at radius 3 is 1.21 bits per heavy atom. The fourth-order valence-corrected chi connectivity index (χ4v) is 1.02. The standard InChI is InChI=1S/C8H8F10O/c9-1(3(11)5(13)7(15)16)2(10)4(12)6(14)8(17,18)19/h1-7,19H.